The third-order valence-corrected chi connectivity index (χ3v) is 5.47. The van der Waals surface area contributed by atoms with E-state index in [-0.39, 0.29) is 11.9 Å². The second kappa shape index (κ2) is 11.5. The van der Waals surface area contributed by atoms with Crippen LogP contribution in [0.5, 0.6) is 0 Å². The van der Waals surface area contributed by atoms with Gasteiger partial charge in [0.15, 0.2) is 0 Å². The first kappa shape index (κ1) is 22.0. The maximum Gasteiger partial charge on any atom is 0.305 e. The number of benzene rings is 1. The molecule has 0 heterocycles. The Bertz CT molecular complexity index is 649. The summed E-state index contributed by atoms with van der Waals surface area (Å²) in [6.45, 7) is 2.28. The second-order valence-corrected chi connectivity index (χ2v) is 7.98. The zero-order valence-electron chi connectivity index (χ0n) is 15.9. The molecule has 2 atom stereocenters. The molecule has 0 N–H and O–H groups in total. The number of rotatable bonds is 10. The molecule has 0 spiro atoms. The lowest BCUT2D eigenvalue weighted by atomic mass is 9.89. The van der Waals surface area contributed by atoms with Gasteiger partial charge in [-0.1, -0.05) is 54.6 Å². The van der Waals surface area contributed by atoms with Crippen LogP contribution in [0.15, 0.2) is 24.3 Å². The standard InChI is InChI=1S/C22H28Cl2O3/c1-2-27-22(26)8-6-4-3-5-7-17-10-12-21(25)20(17)11-9-16-13-18(23)15-19(24)14-16/h9,11,13-15,17,20H,2-8,10,12H2,1H3/t17-,20+/m1/s1. The van der Waals surface area contributed by atoms with Crippen LogP contribution in [-0.2, 0) is 14.3 Å². The SMILES string of the molecule is CCOC(=O)CCCCCC[C@@H]1CCC(=O)[C@H]1C=Cc1cc(Cl)cc(Cl)c1. The number of hydrogen-bond donors (Lipinski definition) is 0. The molecule has 1 saturated carbocycles. The molecular formula is C22H28Cl2O3. The Morgan fingerprint density at radius 2 is 1.85 bits per heavy atom. The van der Waals surface area contributed by atoms with Gasteiger partial charge in [0.2, 0.25) is 0 Å². The average molecular weight is 411 g/mol. The molecule has 0 aromatic heterocycles. The predicted octanol–water partition coefficient (Wildman–Crippen LogP) is 6.51. The highest BCUT2D eigenvalue weighted by molar-refractivity contribution is 6.34. The van der Waals surface area contributed by atoms with Gasteiger partial charge in [0, 0.05) is 28.8 Å². The van der Waals surface area contributed by atoms with Gasteiger partial charge in [-0.15, -0.1) is 0 Å². The van der Waals surface area contributed by atoms with Crippen LogP contribution < -0.4 is 0 Å². The van der Waals surface area contributed by atoms with Crippen molar-refractivity contribution in [2.45, 2.75) is 58.3 Å². The molecule has 1 aliphatic carbocycles. The van der Waals surface area contributed by atoms with E-state index in [0.29, 0.717) is 41.2 Å². The largest absolute Gasteiger partial charge is 0.466 e. The first-order valence-corrected chi connectivity index (χ1v) is 10.6. The third-order valence-electron chi connectivity index (χ3n) is 5.03. The van der Waals surface area contributed by atoms with Crippen LogP contribution in [0.25, 0.3) is 6.08 Å². The number of carbonyl (C=O) groups is 2. The summed E-state index contributed by atoms with van der Waals surface area (Å²) < 4.78 is 4.93. The van der Waals surface area contributed by atoms with Crippen LogP contribution in [0, 0.1) is 11.8 Å². The fraction of sp³-hybridized carbons (Fsp3) is 0.545. The van der Waals surface area contributed by atoms with E-state index in [9.17, 15) is 9.59 Å². The van der Waals surface area contributed by atoms with E-state index in [2.05, 4.69) is 0 Å². The van der Waals surface area contributed by atoms with Gasteiger partial charge in [-0.2, -0.15) is 0 Å². The number of hydrogen-bond acceptors (Lipinski definition) is 3. The molecule has 0 amide bonds. The Kier molecular flexibility index (Phi) is 9.36. The van der Waals surface area contributed by atoms with E-state index in [1.54, 1.807) is 6.07 Å². The van der Waals surface area contributed by atoms with E-state index in [1.807, 2.05) is 31.2 Å². The molecule has 0 saturated heterocycles. The summed E-state index contributed by atoms with van der Waals surface area (Å²) in [4.78, 5) is 23.6. The number of unbranched alkanes of at least 4 members (excludes halogenated alkanes) is 3. The van der Waals surface area contributed by atoms with E-state index < -0.39 is 0 Å². The highest BCUT2D eigenvalue weighted by atomic mass is 35.5. The van der Waals surface area contributed by atoms with Gasteiger partial charge < -0.3 is 4.74 Å². The minimum Gasteiger partial charge on any atom is -0.466 e. The van der Waals surface area contributed by atoms with Crippen molar-refractivity contribution in [1.82, 2.24) is 0 Å². The van der Waals surface area contributed by atoms with Gasteiger partial charge in [-0.3, -0.25) is 9.59 Å². The number of Topliss-reactive ketones (excluding diaryl/α,β-unsaturated/α-hetero) is 1. The Morgan fingerprint density at radius 1 is 1.15 bits per heavy atom. The lowest BCUT2D eigenvalue weighted by Gasteiger charge is -2.15. The molecule has 0 unspecified atom stereocenters. The summed E-state index contributed by atoms with van der Waals surface area (Å²) in [5.41, 5.74) is 0.921. The molecule has 2 rings (SSSR count). The summed E-state index contributed by atoms with van der Waals surface area (Å²) in [6.07, 6.45) is 11.2. The number of halogens is 2. The minimum atomic E-state index is -0.106. The Morgan fingerprint density at radius 3 is 2.56 bits per heavy atom. The van der Waals surface area contributed by atoms with Crippen LogP contribution in [0.1, 0.15) is 63.9 Å². The highest BCUT2D eigenvalue weighted by Gasteiger charge is 2.31. The van der Waals surface area contributed by atoms with Gasteiger partial charge in [0.05, 0.1) is 6.61 Å². The predicted molar refractivity (Wildman–Crippen MR) is 111 cm³/mol. The van der Waals surface area contributed by atoms with Gasteiger partial charge in [-0.25, -0.2) is 0 Å². The van der Waals surface area contributed by atoms with Crippen LogP contribution in [0.3, 0.4) is 0 Å². The number of ether oxygens (including phenoxy) is 1. The molecule has 1 aliphatic rings. The van der Waals surface area contributed by atoms with E-state index in [0.717, 1.165) is 44.1 Å². The van der Waals surface area contributed by atoms with Crippen molar-refractivity contribution >= 4 is 41.0 Å². The number of allylic oxidation sites excluding steroid dienone is 1. The molecule has 27 heavy (non-hydrogen) atoms. The molecule has 1 aromatic rings. The van der Waals surface area contributed by atoms with Crippen molar-refractivity contribution in [3.63, 3.8) is 0 Å². The van der Waals surface area contributed by atoms with Crippen LogP contribution >= 0.6 is 23.2 Å². The molecule has 3 nitrogen and oxygen atoms in total. The van der Waals surface area contributed by atoms with Crippen molar-refractivity contribution in [3.05, 3.63) is 39.9 Å². The fourth-order valence-electron chi connectivity index (χ4n) is 3.67. The normalized spacial score (nSPS) is 19.7. The average Bonchev–Trinajstić information content (AvgIpc) is 2.95. The molecule has 148 valence electrons. The molecule has 1 aromatic carbocycles. The fourth-order valence-corrected chi connectivity index (χ4v) is 4.22. The third kappa shape index (κ3) is 7.67. The van der Waals surface area contributed by atoms with E-state index in [4.69, 9.17) is 27.9 Å². The molecular weight excluding hydrogens is 383 g/mol. The summed E-state index contributed by atoms with van der Waals surface area (Å²) >= 11 is 12.1. The van der Waals surface area contributed by atoms with Gasteiger partial charge in [-0.05, 0) is 55.9 Å². The number of ketones is 1. The quantitative estimate of drug-likeness (QED) is 0.326. The Hall–Kier alpha value is -1.32. The van der Waals surface area contributed by atoms with Crippen LogP contribution in [0.2, 0.25) is 10.0 Å². The highest BCUT2D eigenvalue weighted by Crippen LogP contribution is 2.34. The zero-order valence-corrected chi connectivity index (χ0v) is 17.4. The summed E-state index contributed by atoms with van der Waals surface area (Å²) in [7, 11) is 0. The molecule has 0 radical (unpaired) electrons. The van der Waals surface area contributed by atoms with Crippen LogP contribution in [-0.4, -0.2) is 18.4 Å². The van der Waals surface area contributed by atoms with Crippen molar-refractivity contribution in [3.8, 4) is 0 Å². The Balaban J connectivity index is 1.77. The second-order valence-electron chi connectivity index (χ2n) is 7.11. The maximum atomic E-state index is 12.3. The molecule has 5 heteroatoms. The molecule has 0 aliphatic heterocycles. The van der Waals surface area contributed by atoms with Gasteiger partial charge in [0.25, 0.3) is 0 Å². The first-order chi connectivity index (χ1) is 13.0. The minimum absolute atomic E-state index is 0.0118. The summed E-state index contributed by atoms with van der Waals surface area (Å²) in [5.74, 6) is 0.618. The number of carbonyl (C=O) groups excluding carboxylic acids is 2. The van der Waals surface area contributed by atoms with Crippen LogP contribution in [0.4, 0.5) is 0 Å². The number of esters is 1. The lowest BCUT2D eigenvalue weighted by Crippen LogP contribution is -2.12. The van der Waals surface area contributed by atoms with E-state index >= 15 is 0 Å². The van der Waals surface area contributed by atoms with Gasteiger partial charge in [0.1, 0.15) is 5.78 Å². The monoisotopic (exact) mass is 410 g/mol. The first-order valence-electron chi connectivity index (χ1n) is 9.82. The molecule has 0 bridgehead atoms. The van der Waals surface area contributed by atoms with Gasteiger partial charge >= 0.3 is 5.97 Å². The summed E-state index contributed by atoms with van der Waals surface area (Å²) in [5, 5.41) is 1.19. The molecule has 1 fully saturated rings. The smallest absolute Gasteiger partial charge is 0.305 e. The Labute approximate surface area is 172 Å². The van der Waals surface area contributed by atoms with Crippen molar-refractivity contribution in [2.24, 2.45) is 11.8 Å². The lowest BCUT2D eigenvalue weighted by molar-refractivity contribution is -0.143. The van der Waals surface area contributed by atoms with Crippen molar-refractivity contribution in [2.75, 3.05) is 6.61 Å². The van der Waals surface area contributed by atoms with Crippen molar-refractivity contribution < 1.29 is 14.3 Å². The van der Waals surface area contributed by atoms with Crippen molar-refractivity contribution in [1.29, 1.82) is 0 Å². The van der Waals surface area contributed by atoms with E-state index in [1.165, 1.54) is 0 Å². The maximum absolute atomic E-state index is 12.3. The summed E-state index contributed by atoms with van der Waals surface area (Å²) in [6, 6.07) is 5.40. The topological polar surface area (TPSA) is 43.4 Å². The zero-order chi connectivity index (χ0) is 19.6.